The lowest BCUT2D eigenvalue weighted by Crippen LogP contribution is -2.45. The molecular formula is C24H27F3N2O4S. The maximum absolute atomic E-state index is 13.2. The molecule has 6 nitrogen and oxygen atoms in total. The fourth-order valence-electron chi connectivity index (χ4n) is 4.59. The Balaban J connectivity index is 1.43. The number of carbonyl (C=O) groups is 1. The summed E-state index contributed by atoms with van der Waals surface area (Å²) in [7, 11) is -3.69. The SMILES string of the molecule is CCOc1ccc(S(=O)(=O)N2CCC(C(=O)N3CCCc4cc(C(F)(F)F)ccc43)CC2)cc1. The summed E-state index contributed by atoms with van der Waals surface area (Å²) in [4.78, 5) is 15.0. The summed E-state index contributed by atoms with van der Waals surface area (Å²) >= 11 is 0. The van der Waals surface area contributed by atoms with Crippen LogP contribution >= 0.6 is 0 Å². The zero-order chi connectivity index (χ0) is 24.5. The topological polar surface area (TPSA) is 66.9 Å². The van der Waals surface area contributed by atoms with Crippen molar-refractivity contribution in [1.29, 1.82) is 0 Å². The molecule has 2 aliphatic rings. The van der Waals surface area contributed by atoms with Crippen molar-refractivity contribution in [2.45, 2.75) is 43.7 Å². The summed E-state index contributed by atoms with van der Waals surface area (Å²) in [5.74, 6) is 0.0637. The molecule has 4 rings (SSSR count). The molecule has 1 saturated heterocycles. The number of ether oxygens (including phenoxy) is 1. The summed E-state index contributed by atoms with van der Waals surface area (Å²) in [6, 6.07) is 9.77. The molecule has 0 aliphatic carbocycles. The van der Waals surface area contributed by atoms with E-state index in [-0.39, 0.29) is 29.8 Å². The number of piperidine rings is 1. The van der Waals surface area contributed by atoms with Crippen molar-refractivity contribution in [1.82, 2.24) is 4.31 Å². The van der Waals surface area contributed by atoms with Crippen molar-refractivity contribution in [2.24, 2.45) is 5.92 Å². The number of sulfonamides is 1. The van der Waals surface area contributed by atoms with Gasteiger partial charge in [-0.15, -0.1) is 0 Å². The van der Waals surface area contributed by atoms with Gasteiger partial charge in [0.1, 0.15) is 5.75 Å². The van der Waals surface area contributed by atoms with Crippen LogP contribution in [0.25, 0.3) is 0 Å². The predicted molar refractivity (Wildman–Crippen MR) is 121 cm³/mol. The molecule has 2 aromatic rings. The van der Waals surface area contributed by atoms with Gasteiger partial charge in [-0.25, -0.2) is 8.42 Å². The van der Waals surface area contributed by atoms with Crippen LogP contribution in [0, 0.1) is 5.92 Å². The van der Waals surface area contributed by atoms with Crippen LogP contribution in [0.5, 0.6) is 5.75 Å². The van der Waals surface area contributed by atoms with E-state index < -0.39 is 21.8 Å². The monoisotopic (exact) mass is 496 g/mol. The highest BCUT2D eigenvalue weighted by atomic mass is 32.2. The van der Waals surface area contributed by atoms with Crippen LogP contribution in [0.2, 0.25) is 0 Å². The average Bonchev–Trinajstić information content (AvgIpc) is 2.83. The molecule has 0 N–H and O–H groups in total. The van der Waals surface area contributed by atoms with E-state index in [0.717, 1.165) is 12.1 Å². The van der Waals surface area contributed by atoms with E-state index in [4.69, 9.17) is 4.74 Å². The van der Waals surface area contributed by atoms with Gasteiger partial charge < -0.3 is 9.64 Å². The molecular weight excluding hydrogens is 469 g/mol. The van der Waals surface area contributed by atoms with Crippen molar-refractivity contribution in [3.8, 4) is 5.75 Å². The van der Waals surface area contributed by atoms with Crippen LogP contribution in [0.1, 0.15) is 37.3 Å². The standard InChI is InChI=1S/C24H27F3N2O4S/c1-2-33-20-6-8-21(9-7-20)34(31,32)28-14-11-17(12-15-28)23(30)29-13-3-4-18-16-19(24(25,26)27)5-10-22(18)29/h5-10,16-17H,2-4,11-15H2,1H3. The maximum atomic E-state index is 13.2. The average molecular weight is 497 g/mol. The minimum absolute atomic E-state index is 0.154. The number of amides is 1. The Morgan fingerprint density at radius 1 is 1.06 bits per heavy atom. The molecule has 0 unspecified atom stereocenters. The summed E-state index contributed by atoms with van der Waals surface area (Å²) in [5.41, 5.74) is 0.326. The van der Waals surface area contributed by atoms with Gasteiger partial charge in [0.05, 0.1) is 17.1 Å². The third kappa shape index (κ3) is 4.93. The molecule has 0 atom stereocenters. The molecule has 0 aromatic heterocycles. The second-order valence-electron chi connectivity index (χ2n) is 8.52. The van der Waals surface area contributed by atoms with Gasteiger partial charge in [0.25, 0.3) is 0 Å². The lowest BCUT2D eigenvalue weighted by Gasteiger charge is -2.36. The Hall–Kier alpha value is -2.59. The van der Waals surface area contributed by atoms with E-state index in [1.807, 2.05) is 6.92 Å². The highest BCUT2D eigenvalue weighted by molar-refractivity contribution is 7.89. The molecule has 2 heterocycles. The van der Waals surface area contributed by atoms with Crippen LogP contribution in [0.15, 0.2) is 47.4 Å². The number of benzene rings is 2. The zero-order valence-electron chi connectivity index (χ0n) is 18.8. The van der Waals surface area contributed by atoms with Gasteiger partial charge in [-0.3, -0.25) is 4.79 Å². The number of aryl methyl sites for hydroxylation is 1. The molecule has 2 aliphatic heterocycles. The second kappa shape index (κ2) is 9.58. The zero-order valence-corrected chi connectivity index (χ0v) is 19.7. The quantitative estimate of drug-likeness (QED) is 0.612. The van der Waals surface area contributed by atoms with Crippen LogP contribution in [-0.2, 0) is 27.4 Å². The van der Waals surface area contributed by atoms with Crippen molar-refractivity contribution < 1.29 is 31.1 Å². The molecule has 1 amide bonds. The van der Waals surface area contributed by atoms with Crippen LogP contribution < -0.4 is 9.64 Å². The Kier molecular flexibility index (Phi) is 6.91. The molecule has 10 heteroatoms. The fraction of sp³-hybridized carbons (Fsp3) is 0.458. The van der Waals surface area contributed by atoms with Crippen molar-refractivity contribution in [2.75, 3.05) is 31.1 Å². The Morgan fingerprint density at radius 2 is 1.74 bits per heavy atom. The third-order valence-corrected chi connectivity index (χ3v) is 8.28. The van der Waals surface area contributed by atoms with Crippen LogP contribution in [-0.4, -0.2) is 44.9 Å². The number of fused-ring (bicyclic) bond motifs is 1. The van der Waals surface area contributed by atoms with Gasteiger partial charge in [-0.1, -0.05) is 0 Å². The van der Waals surface area contributed by atoms with Crippen LogP contribution in [0.3, 0.4) is 0 Å². The molecule has 1 fully saturated rings. The molecule has 184 valence electrons. The van der Waals surface area contributed by atoms with Gasteiger partial charge in [0, 0.05) is 31.2 Å². The Labute approximate surface area is 197 Å². The minimum Gasteiger partial charge on any atom is -0.494 e. The van der Waals surface area contributed by atoms with Gasteiger partial charge in [-0.05, 0) is 80.6 Å². The van der Waals surface area contributed by atoms with Gasteiger partial charge in [0.15, 0.2) is 0 Å². The first-order chi connectivity index (χ1) is 16.1. The van der Waals surface area contributed by atoms with E-state index in [0.29, 0.717) is 55.8 Å². The Morgan fingerprint density at radius 3 is 2.35 bits per heavy atom. The number of hydrogen-bond acceptors (Lipinski definition) is 4. The predicted octanol–water partition coefficient (Wildman–Crippen LogP) is 4.48. The molecule has 2 aromatic carbocycles. The van der Waals surface area contributed by atoms with Crippen molar-refractivity contribution in [3.63, 3.8) is 0 Å². The number of alkyl halides is 3. The number of hydrogen-bond donors (Lipinski definition) is 0. The maximum Gasteiger partial charge on any atom is 0.416 e. The molecule has 0 saturated carbocycles. The Bertz CT molecular complexity index is 1140. The first kappa shape index (κ1) is 24.5. The number of carbonyl (C=O) groups excluding carboxylic acids is 1. The summed E-state index contributed by atoms with van der Waals surface area (Å²) < 4.78 is 72.0. The van der Waals surface area contributed by atoms with E-state index >= 15 is 0 Å². The summed E-state index contributed by atoms with van der Waals surface area (Å²) in [6.07, 6.45) is -2.63. The van der Waals surface area contributed by atoms with Gasteiger partial charge >= 0.3 is 6.18 Å². The van der Waals surface area contributed by atoms with Crippen molar-refractivity contribution >= 4 is 21.6 Å². The molecule has 0 bridgehead atoms. The lowest BCUT2D eigenvalue weighted by molar-refractivity contribution is -0.137. The summed E-state index contributed by atoms with van der Waals surface area (Å²) in [5, 5.41) is 0. The van der Waals surface area contributed by atoms with E-state index in [2.05, 4.69) is 0 Å². The number of halogens is 3. The largest absolute Gasteiger partial charge is 0.494 e. The molecule has 34 heavy (non-hydrogen) atoms. The highest BCUT2D eigenvalue weighted by Crippen LogP contribution is 2.36. The second-order valence-corrected chi connectivity index (χ2v) is 10.5. The van der Waals surface area contributed by atoms with E-state index in [9.17, 15) is 26.4 Å². The fourth-order valence-corrected chi connectivity index (χ4v) is 6.06. The first-order valence-corrected chi connectivity index (χ1v) is 12.8. The molecule has 0 spiro atoms. The smallest absolute Gasteiger partial charge is 0.416 e. The van der Waals surface area contributed by atoms with Gasteiger partial charge in [0.2, 0.25) is 15.9 Å². The minimum atomic E-state index is -4.43. The van der Waals surface area contributed by atoms with Gasteiger partial charge in [-0.2, -0.15) is 17.5 Å². The molecule has 0 radical (unpaired) electrons. The number of rotatable bonds is 5. The summed E-state index contributed by atoms with van der Waals surface area (Å²) in [6.45, 7) is 3.19. The normalized spacial score (nSPS) is 17.9. The van der Waals surface area contributed by atoms with Crippen molar-refractivity contribution in [3.05, 3.63) is 53.6 Å². The first-order valence-electron chi connectivity index (χ1n) is 11.4. The van der Waals surface area contributed by atoms with Crippen LogP contribution in [0.4, 0.5) is 18.9 Å². The number of anilines is 1. The number of nitrogens with zero attached hydrogens (tertiary/aromatic N) is 2. The van der Waals surface area contributed by atoms with E-state index in [1.54, 1.807) is 17.0 Å². The third-order valence-electron chi connectivity index (χ3n) is 6.37. The highest BCUT2D eigenvalue weighted by Gasteiger charge is 2.36. The lowest BCUT2D eigenvalue weighted by atomic mass is 9.93. The van der Waals surface area contributed by atoms with E-state index in [1.165, 1.54) is 22.5 Å².